The Balaban J connectivity index is 3.62. The van der Waals surface area contributed by atoms with Crippen LogP contribution in [0.3, 0.4) is 0 Å². The van der Waals surface area contributed by atoms with Gasteiger partial charge >= 0.3 is 0 Å². The van der Waals surface area contributed by atoms with Crippen molar-refractivity contribution in [2.75, 3.05) is 20.6 Å². The number of nitrogens with two attached hydrogens (primary N) is 1. The first kappa shape index (κ1) is 14.6. The van der Waals surface area contributed by atoms with Crippen molar-refractivity contribution in [3.63, 3.8) is 0 Å². The number of sulfonamides is 1. The Morgan fingerprint density at radius 3 is 2.44 bits per heavy atom. The molecule has 0 unspecified atom stereocenters. The average molecular weight is 274 g/mol. The number of benzene rings is 1. The van der Waals surface area contributed by atoms with E-state index in [0.29, 0.717) is 6.07 Å². The van der Waals surface area contributed by atoms with Gasteiger partial charge in [-0.1, -0.05) is 11.8 Å². The van der Waals surface area contributed by atoms with Crippen molar-refractivity contribution in [1.82, 2.24) is 4.31 Å². The lowest BCUT2D eigenvalue weighted by molar-refractivity contribution is 0.503. The van der Waals surface area contributed by atoms with Gasteiger partial charge in [-0.05, 0) is 6.07 Å². The van der Waals surface area contributed by atoms with Crippen molar-refractivity contribution in [2.45, 2.75) is 4.90 Å². The molecule has 0 saturated carbocycles. The molecule has 4 nitrogen and oxygen atoms in total. The van der Waals surface area contributed by atoms with Gasteiger partial charge in [0, 0.05) is 20.2 Å². The first-order valence-electron chi connectivity index (χ1n) is 4.91. The van der Waals surface area contributed by atoms with Gasteiger partial charge in [-0.3, -0.25) is 0 Å². The van der Waals surface area contributed by atoms with Gasteiger partial charge in [0.2, 0.25) is 10.0 Å². The maximum atomic E-state index is 13.6. The van der Waals surface area contributed by atoms with Crippen molar-refractivity contribution in [1.29, 1.82) is 0 Å². The van der Waals surface area contributed by atoms with Crippen molar-refractivity contribution in [2.24, 2.45) is 5.73 Å². The van der Waals surface area contributed by atoms with Crippen LogP contribution in [0, 0.1) is 23.5 Å². The van der Waals surface area contributed by atoms with Gasteiger partial charge in [-0.25, -0.2) is 21.5 Å². The summed E-state index contributed by atoms with van der Waals surface area (Å²) in [5.41, 5.74) is 4.91. The summed E-state index contributed by atoms with van der Waals surface area (Å²) in [6.07, 6.45) is 0. The van der Waals surface area contributed by atoms with Crippen molar-refractivity contribution in [3.05, 3.63) is 29.3 Å². The molecule has 0 aromatic heterocycles. The molecule has 0 aliphatic heterocycles. The Morgan fingerprint density at radius 1 is 1.33 bits per heavy atom. The molecule has 0 amide bonds. The molecule has 0 aliphatic carbocycles. The van der Waals surface area contributed by atoms with E-state index < -0.39 is 26.6 Å². The fraction of sp³-hybridized carbons (Fsp3) is 0.273. The Bertz CT molecular complexity index is 616. The molecule has 0 aliphatic rings. The third-order valence-corrected chi connectivity index (χ3v) is 3.96. The standard InChI is InChI=1S/C11H12F2N2O2S/c1-15(2)18(16,17)11-8(4-3-5-14)6-9(12)7-10(11)13/h6-7H,5,14H2,1-2H3. The molecule has 0 heterocycles. The van der Waals surface area contributed by atoms with Crippen LogP contribution in [0.5, 0.6) is 0 Å². The summed E-state index contributed by atoms with van der Waals surface area (Å²) < 4.78 is 51.4. The molecular weight excluding hydrogens is 262 g/mol. The number of halogens is 2. The number of hydrogen-bond donors (Lipinski definition) is 1. The van der Waals surface area contributed by atoms with E-state index >= 15 is 0 Å². The second-order valence-electron chi connectivity index (χ2n) is 3.56. The van der Waals surface area contributed by atoms with E-state index in [1.807, 2.05) is 0 Å². The van der Waals surface area contributed by atoms with Crippen molar-refractivity contribution >= 4 is 10.0 Å². The Labute approximate surface area is 104 Å². The predicted molar refractivity (Wildman–Crippen MR) is 63.2 cm³/mol. The minimum atomic E-state index is -4.04. The zero-order valence-corrected chi connectivity index (χ0v) is 10.7. The van der Waals surface area contributed by atoms with E-state index in [4.69, 9.17) is 5.73 Å². The molecule has 1 aromatic carbocycles. The van der Waals surface area contributed by atoms with Gasteiger partial charge in [0.05, 0.1) is 12.1 Å². The van der Waals surface area contributed by atoms with E-state index in [9.17, 15) is 17.2 Å². The number of rotatable bonds is 2. The largest absolute Gasteiger partial charge is 0.320 e. The van der Waals surface area contributed by atoms with Crippen LogP contribution in [0.1, 0.15) is 5.56 Å². The Hall–Kier alpha value is -1.49. The monoisotopic (exact) mass is 274 g/mol. The van der Waals surface area contributed by atoms with E-state index in [2.05, 4.69) is 11.8 Å². The number of hydrogen-bond acceptors (Lipinski definition) is 3. The molecule has 0 atom stereocenters. The van der Waals surface area contributed by atoms with Crippen LogP contribution in [-0.4, -0.2) is 33.4 Å². The average Bonchev–Trinajstić information content (AvgIpc) is 2.24. The molecule has 0 bridgehead atoms. The lowest BCUT2D eigenvalue weighted by atomic mass is 10.2. The summed E-state index contributed by atoms with van der Waals surface area (Å²) in [7, 11) is -1.54. The molecule has 98 valence electrons. The topological polar surface area (TPSA) is 63.4 Å². The predicted octanol–water partition coefficient (Wildman–Crippen LogP) is 0.525. The van der Waals surface area contributed by atoms with Gasteiger partial charge in [0.25, 0.3) is 0 Å². The highest BCUT2D eigenvalue weighted by molar-refractivity contribution is 7.89. The highest BCUT2D eigenvalue weighted by Crippen LogP contribution is 2.23. The first-order valence-corrected chi connectivity index (χ1v) is 6.35. The van der Waals surface area contributed by atoms with Crippen LogP contribution in [-0.2, 0) is 10.0 Å². The van der Waals surface area contributed by atoms with Crippen molar-refractivity contribution < 1.29 is 17.2 Å². The molecular formula is C11H12F2N2O2S. The second kappa shape index (κ2) is 5.44. The molecule has 0 fully saturated rings. The van der Waals surface area contributed by atoms with Crippen LogP contribution in [0.15, 0.2) is 17.0 Å². The van der Waals surface area contributed by atoms with E-state index in [-0.39, 0.29) is 12.1 Å². The SMILES string of the molecule is CN(C)S(=O)(=O)c1c(F)cc(F)cc1C#CCN. The number of nitrogens with zero attached hydrogens (tertiary/aromatic N) is 1. The maximum absolute atomic E-state index is 13.6. The lowest BCUT2D eigenvalue weighted by Gasteiger charge is -2.13. The fourth-order valence-electron chi connectivity index (χ4n) is 1.24. The quantitative estimate of drug-likeness (QED) is 0.800. The highest BCUT2D eigenvalue weighted by Gasteiger charge is 2.26. The molecule has 1 rings (SSSR count). The zero-order valence-electron chi connectivity index (χ0n) is 9.87. The molecule has 1 aromatic rings. The van der Waals surface area contributed by atoms with E-state index in [0.717, 1.165) is 10.4 Å². The van der Waals surface area contributed by atoms with Crippen LogP contribution in [0.2, 0.25) is 0 Å². The summed E-state index contributed by atoms with van der Waals surface area (Å²) in [6, 6.07) is 1.37. The second-order valence-corrected chi connectivity index (χ2v) is 5.65. The van der Waals surface area contributed by atoms with Crippen molar-refractivity contribution in [3.8, 4) is 11.8 Å². The Morgan fingerprint density at radius 2 is 1.94 bits per heavy atom. The van der Waals surface area contributed by atoms with Gasteiger partial charge in [0.1, 0.15) is 16.5 Å². The third-order valence-electron chi connectivity index (χ3n) is 2.07. The maximum Gasteiger partial charge on any atom is 0.246 e. The third kappa shape index (κ3) is 2.85. The van der Waals surface area contributed by atoms with Gasteiger partial charge in [-0.15, -0.1) is 0 Å². The summed E-state index contributed by atoms with van der Waals surface area (Å²) in [6.45, 7) is -0.0421. The lowest BCUT2D eigenvalue weighted by Crippen LogP contribution is -2.24. The minimum absolute atomic E-state index is 0.0421. The normalized spacial score (nSPS) is 11.2. The summed E-state index contributed by atoms with van der Waals surface area (Å²) in [5.74, 6) is 2.65. The smallest absolute Gasteiger partial charge is 0.246 e. The minimum Gasteiger partial charge on any atom is -0.320 e. The molecule has 18 heavy (non-hydrogen) atoms. The molecule has 0 spiro atoms. The van der Waals surface area contributed by atoms with Crippen LogP contribution < -0.4 is 5.73 Å². The molecule has 7 heteroatoms. The van der Waals surface area contributed by atoms with Crippen LogP contribution in [0.4, 0.5) is 8.78 Å². The van der Waals surface area contributed by atoms with Crippen LogP contribution >= 0.6 is 0 Å². The van der Waals surface area contributed by atoms with E-state index in [1.54, 1.807) is 0 Å². The molecule has 0 radical (unpaired) electrons. The molecule has 0 saturated heterocycles. The van der Waals surface area contributed by atoms with E-state index in [1.165, 1.54) is 14.1 Å². The summed E-state index contributed by atoms with van der Waals surface area (Å²) in [5, 5.41) is 0. The van der Waals surface area contributed by atoms with Gasteiger partial charge in [0.15, 0.2) is 0 Å². The first-order chi connectivity index (χ1) is 8.30. The molecule has 2 N–H and O–H groups in total. The summed E-state index contributed by atoms with van der Waals surface area (Å²) in [4.78, 5) is -0.644. The van der Waals surface area contributed by atoms with Crippen LogP contribution in [0.25, 0.3) is 0 Å². The summed E-state index contributed by atoms with van der Waals surface area (Å²) >= 11 is 0. The van der Waals surface area contributed by atoms with Gasteiger partial charge in [-0.2, -0.15) is 0 Å². The highest BCUT2D eigenvalue weighted by atomic mass is 32.2. The fourth-order valence-corrected chi connectivity index (χ4v) is 2.30. The van der Waals surface area contributed by atoms with Gasteiger partial charge < -0.3 is 5.73 Å². The Kier molecular flexibility index (Phi) is 4.40. The zero-order chi connectivity index (χ0) is 13.9.